The van der Waals surface area contributed by atoms with E-state index in [1.807, 2.05) is 11.8 Å². The van der Waals surface area contributed by atoms with Gasteiger partial charge in [-0.1, -0.05) is 6.92 Å². The van der Waals surface area contributed by atoms with Crippen molar-refractivity contribution in [1.29, 1.82) is 0 Å². The van der Waals surface area contributed by atoms with E-state index in [1.54, 1.807) is 12.1 Å². The van der Waals surface area contributed by atoms with Crippen molar-refractivity contribution in [1.82, 2.24) is 4.98 Å². The number of rotatable bonds is 8. The van der Waals surface area contributed by atoms with Crippen molar-refractivity contribution < 1.29 is 18.3 Å². The molecule has 1 aliphatic heterocycles. The van der Waals surface area contributed by atoms with Gasteiger partial charge in [-0.05, 0) is 72.4 Å². The summed E-state index contributed by atoms with van der Waals surface area (Å²) in [5.74, 6) is 4.34. The number of hydrogen-bond donors (Lipinski definition) is 0. The predicted octanol–water partition coefficient (Wildman–Crippen LogP) is 5.45. The van der Waals surface area contributed by atoms with Gasteiger partial charge in [0.05, 0.1) is 25.1 Å². The Labute approximate surface area is 175 Å². The molecule has 0 bridgehead atoms. The molecule has 3 nitrogen and oxygen atoms in total. The summed E-state index contributed by atoms with van der Waals surface area (Å²) in [5.41, 5.74) is 1.13. The lowest BCUT2D eigenvalue weighted by Gasteiger charge is -2.32. The van der Waals surface area contributed by atoms with E-state index >= 15 is 0 Å². The predicted molar refractivity (Wildman–Crippen MR) is 112 cm³/mol. The highest BCUT2D eigenvalue weighted by Crippen LogP contribution is 2.50. The Balaban J connectivity index is 1.37. The Morgan fingerprint density at radius 1 is 1.17 bits per heavy atom. The van der Waals surface area contributed by atoms with Gasteiger partial charge in [-0.2, -0.15) is 11.8 Å². The lowest BCUT2D eigenvalue weighted by molar-refractivity contribution is -0.0113. The van der Waals surface area contributed by atoms with E-state index in [1.165, 1.54) is 36.1 Å². The molecule has 0 N–H and O–H groups in total. The van der Waals surface area contributed by atoms with Crippen LogP contribution in [0.25, 0.3) is 11.3 Å². The zero-order valence-corrected chi connectivity index (χ0v) is 17.5. The largest absolute Gasteiger partial charge is 0.490 e. The van der Waals surface area contributed by atoms with E-state index in [2.05, 4.69) is 11.9 Å². The van der Waals surface area contributed by atoms with Crippen molar-refractivity contribution in [3.8, 4) is 17.0 Å². The minimum absolute atomic E-state index is 0.245. The van der Waals surface area contributed by atoms with Crippen LogP contribution >= 0.6 is 11.8 Å². The zero-order chi connectivity index (χ0) is 20.2. The number of ether oxygens (including phenoxy) is 2. The molecule has 1 aliphatic carbocycles. The Kier molecular flexibility index (Phi) is 6.70. The van der Waals surface area contributed by atoms with Crippen LogP contribution in [0, 0.1) is 35.3 Å². The molecule has 29 heavy (non-hydrogen) atoms. The summed E-state index contributed by atoms with van der Waals surface area (Å²) in [6.45, 7) is 4.19. The Morgan fingerprint density at radius 3 is 2.83 bits per heavy atom. The normalized spacial score (nSPS) is 26.3. The average molecular weight is 420 g/mol. The first-order valence-corrected chi connectivity index (χ1v) is 11.5. The number of halogens is 2. The number of thioether (sulfide) groups is 1. The van der Waals surface area contributed by atoms with Gasteiger partial charge in [0.25, 0.3) is 0 Å². The first kappa shape index (κ1) is 20.6. The molecule has 1 aromatic heterocycles. The second-order valence-corrected chi connectivity index (χ2v) is 9.24. The van der Waals surface area contributed by atoms with Gasteiger partial charge in [-0.25, -0.2) is 8.78 Å². The summed E-state index contributed by atoms with van der Waals surface area (Å²) in [6.07, 6.45) is 3.51. The van der Waals surface area contributed by atoms with Crippen molar-refractivity contribution >= 4 is 11.8 Å². The van der Waals surface area contributed by atoms with Crippen LogP contribution in [-0.2, 0) is 4.74 Å². The molecule has 4 rings (SSSR count). The summed E-state index contributed by atoms with van der Waals surface area (Å²) in [6, 6.07) is 7.64. The molecule has 2 unspecified atom stereocenters. The summed E-state index contributed by atoms with van der Waals surface area (Å²) >= 11 is 2.02. The first-order valence-electron chi connectivity index (χ1n) is 10.4. The second kappa shape index (κ2) is 9.43. The second-order valence-electron chi connectivity index (χ2n) is 7.92. The van der Waals surface area contributed by atoms with E-state index in [0.29, 0.717) is 36.3 Å². The number of benzene rings is 1. The van der Waals surface area contributed by atoms with Gasteiger partial charge in [-0.3, -0.25) is 4.98 Å². The molecule has 2 aromatic rings. The van der Waals surface area contributed by atoms with Gasteiger partial charge >= 0.3 is 0 Å². The average Bonchev–Trinajstić information content (AvgIpc) is 3.51. The van der Waals surface area contributed by atoms with Gasteiger partial charge in [0.1, 0.15) is 5.82 Å². The number of nitrogens with zero attached hydrogens (tertiary/aromatic N) is 1. The lowest BCUT2D eigenvalue weighted by atomic mass is 9.84. The van der Waals surface area contributed by atoms with Gasteiger partial charge in [0, 0.05) is 18.1 Å². The highest BCUT2D eigenvalue weighted by Gasteiger charge is 2.46. The SMILES string of the molecule is CCSC[C@@H]1CC1C1CCOC[C@@H]1COc1ccc(-c2ccc(F)cn2)cc1F. The maximum Gasteiger partial charge on any atom is 0.165 e. The lowest BCUT2D eigenvalue weighted by Crippen LogP contribution is -2.33. The smallest absolute Gasteiger partial charge is 0.165 e. The fraction of sp³-hybridized carbons (Fsp3) is 0.522. The van der Waals surface area contributed by atoms with Crippen molar-refractivity contribution in [2.24, 2.45) is 23.7 Å². The van der Waals surface area contributed by atoms with Gasteiger partial charge < -0.3 is 9.47 Å². The molecule has 0 spiro atoms. The van der Waals surface area contributed by atoms with Crippen LogP contribution in [0.3, 0.4) is 0 Å². The summed E-state index contributed by atoms with van der Waals surface area (Å²) < 4.78 is 39.2. The van der Waals surface area contributed by atoms with Crippen molar-refractivity contribution in [3.63, 3.8) is 0 Å². The van der Waals surface area contributed by atoms with E-state index in [0.717, 1.165) is 31.1 Å². The molecule has 2 heterocycles. The number of aromatic nitrogens is 1. The highest BCUT2D eigenvalue weighted by molar-refractivity contribution is 7.99. The van der Waals surface area contributed by atoms with Crippen LogP contribution < -0.4 is 4.74 Å². The molecule has 0 radical (unpaired) electrons. The van der Waals surface area contributed by atoms with Crippen LogP contribution in [-0.4, -0.2) is 36.3 Å². The monoisotopic (exact) mass is 419 g/mol. The fourth-order valence-electron chi connectivity index (χ4n) is 4.33. The molecule has 1 aromatic carbocycles. The Bertz CT molecular complexity index is 817. The number of pyridine rings is 1. The molecule has 0 amide bonds. The van der Waals surface area contributed by atoms with Crippen molar-refractivity contribution in [2.45, 2.75) is 19.8 Å². The van der Waals surface area contributed by atoms with E-state index in [-0.39, 0.29) is 5.75 Å². The molecule has 2 aliphatic rings. The van der Waals surface area contributed by atoms with Crippen molar-refractivity contribution in [3.05, 3.63) is 48.2 Å². The molecule has 156 valence electrons. The molecule has 6 heteroatoms. The van der Waals surface area contributed by atoms with Crippen LogP contribution in [0.2, 0.25) is 0 Å². The van der Waals surface area contributed by atoms with Gasteiger partial charge in [0.15, 0.2) is 11.6 Å². The van der Waals surface area contributed by atoms with Gasteiger partial charge in [0.2, 0.25) is 0 Å². The maximum absolute atomic E-state index is 14.6. The maximum atomic E-state index is 14.6. The quantitative estimate of drug-likeness (QED) is 0.570. The standard InChI is InChI=1S/C23H27F2NO2S/c1-2-29-14-16-9-20(16)19-7-8-27-12-17(19)13-28-23-6-3-15(10-21(23)25)22-5-4-18(24)11-26-22/h3-6,10-11,16-17,19-20H,2,7-9,12-14H2,1H3/t16-,17+,19?,20?/m0/s1. The Hall–Kier alpha value is -1.66. The third-order valence-corrected chi connectivity index (χ3v) is 7.08. The number of hydrogen-bond acceptors (Lipinski definition) is 4. The molecular formula is C23H27F2NO2S. The van der Waals surface area contributed by atoms with Crippen molar-refractivity contribution in [2.75, 3.05) is 31.3 Å². The van der Waals surface area contributed by atoms with Crippen LogP contribution in [0.4, 0.5) is 8.78 Å². The van der Waals surface area contributed by atoms with E-state index in [4.69, 9.17) is 9.47 Å². The van der Waals surface area contributed by atoms with Crippen LogP contribution in [0.5, 0.6) is 5.75 Å². The molecule has 1 saturated heterocycles. The molecular weight excluding hydrogens is 392 g/mol. The minimum Gasteiger partial charge on any atom is -0.490 e. The minimum atomic E-state index is -0.425. The van der Waals surface area contributed by atoms with Gasteiger partial charge in [-0.15, -0.1) is 0 Å². The third-order valence-electron chi connectivity index (χ3n) is 6.00. The highest BCUT2D eigenvalue weighted by atomic mass is 32.2. The zero-order valence-electron chi connectivity index (χ0n) is 16.7. The van der Waals surface area contributed by atoms with Crippen LogP contribution in [0.1, 0.15) is 19.8 Å². The third kappa shape index (κ3) is 5.10. The van der Waals surface area contributed by atoms with E-state index in [9.17, 15) is 8.78 Å². The molecule has 1 saturated carbocycles. The molecule has 4 atom stereocenters. The fourth-order valence-corrected chi connectivity index (χ4v) is 5.25. The summed E-state index contributed by atoms with van der Waals surface area (Å²) in [7, 11) is 0. The van der Waals surface area contributed by atoms with E-state index < -0.39 is 11.6 Å². The first-order chi connectivity index (χ1) is 14.2. The van der Waals surface area contributed by atoms with Crippen LogP contribution in [0.15, 0.2) is 36.5 Å². The molecule has 2 fully saturated rings. The summed E-state index contributed by atoms with van der Waals surface area (Å²) in [5, 5.41) is 0. The summed E-state index contributed by atoms with van der Waals surface area (Å²) in [4.78, 5) is 4.00. The Morgan fingerprint density at radius 2 is 2.07 bits per heavy atom. The topological polar surface area (TPSA) is 31.4 Å².